The third-order valence-electron chi connectivity index (χ3n) is 3.53. The number of hydrogen-bond acceptors (Lipinski definition) is 3. The first-order chi connectivity index (χ1) is 12.4. The maximum atomic E-state index is 9.20. The van der Waals surface area contributed by atoms with Gasteiger partial charge in [-0.15, -0.1) is 0 Å². The molecule has 2 aromatic carbocycles. The molecule has 0 aliphatic carbocycles. The monoisotopic (exact) mass is 500 g/mol. The summed E-state index contributed by atoms with van der Waals surface area (Å²) >= 11 is 27.9. The maximum absolute atomic E-state index is 9.20. The van der Waals surface area contributed by atoms with Crippen LogP contribution in [0.4, 0.5) is 0 Å². The van der Waals surface area contributed by atoms with Gasteiger partial charge in [0.25, 0.3) is 0 Å². The van der Waals surface area contributed by atoms with E-state index in [4.69, 9.17) is 58.0 Å². The topological polar surface area (TPSA) is 46.0 Å². The van der Waals surface area contributed by atoms with Crippen molar-refractivity contribution < 1.29 is 22.2 Å². The summed E-state index contributed by atoms with van der Waals surface area (Å²) in [4.78, 5) is 8.69. The zero-order chi connectivity index (χ0) is 18.8. The number of hydrogen-bond donors (Lipinski definition) is 1. The van der Waals surface area contributed by atoms with Gasteiger partial charge in [-0.25, -0.2) is 0 Å². The van der Waals surface area contributed by atoms with E-state index < -0.39 is 0 Å². The number of aromatic nitrogens is 2. The van der Waals surface area contributed by atoms with Crippen molar-refractivity contribution in [2.24, 2.45) is 0 Å². The van der Waals surface area contributed by atoms with Crippen molar-refractivity contribution in [3.05, 3.63) is 73.9 Å². The van der Waals surface area contributed by atoms with Gasteiger partial charge in [-0.3, -0.25) is 9.97 Å². The maximum Gasteiger partial charge on any atom is 0.155 e. The van der Waals surface area contributed by atoms with E-state index in [9.17, 15) is 5.11 Å². The first-order valence-electron chi connectivity index (χ1n) is 7.20. The van der Waals surface area contributed by atoms with Crippen molar-refractivity contribution in [1.82, 2.24) is 9.97 Å². The summed E-state index contributed by atoms with van der Waals surface area (Å²) in [5.74, 6) is -0.363. The van der Waals surface area contributed by atoms with Crippen molar-refractivity contribution in [3.63, 3.8) is 0 Å². The van der Waals surface area contributed by atoms with Gasteiger partial charge < -0.3 is 5.11 Å². The SMILES string of the molecule is Oc1c(Cl)c(Cl)c(Cl)c(Cl)c1Cl.[Fe].c1cnc2c(c1)ccc1cccnc12. The van der Waals surface area contributed by atoms with Crippen LogP contribution in [0.2, 0.25) is 25.1 Å². The molecule has 0 spiro atoms. The fraction of sp³-hybridized carbons (Fsp3) is 0. The van der Waals surface area contributed by atoms with Crippen LogP contribution in [0.3, 0.4) is 0 Å². The van der Waals surface area contributed by atoms with Gasteiger partial charge in [0.1, 0.15) is 10.0 Å². The molecule has 0 unspecified atom stereocenters. The molecule has 2 heterocycles. The van der Waals surface area contributed by atoms with Crippen molar-refractivity contribution in [2.75, 3.05) is 0 Å². The van der Waals surface area contributed by atoms with Crippen molar-refractivity contribution in [3.8, 4) is 5.75 Å². The van der Waals surface area contributed by atoms with Gasteiger partial charge in [0.15, 0.2) is 5.75 Å². The van der Waals surface area contributed by atoms with Crippen LogP contribution in [-0.4, -0.2) is 15.1 Å². The van der Waals surface area contributed by atoms with Gasteiger partial charge in [-0.2, -0.15) is 0 Å². The standard InChI is InChI=1S/C12H8N2.C6HCl5O.Fe/c1-3-9-5-6-10-4-2-8-14-12(10)11(9)13-7-1;7-1-2(8)4(10)6(12)5(11)3(1)9;/h1-8H;12H;. The second kappa shape index (κ2) is 9.49. The van der Waals surface area contributed by atoms with E-state index >= 15 is 0 Å². The molecule has 0 bridgehead atoms. The molecule has 0 saturated heterocycles. The molecule has 4 aromatic rings. The molecule has 0 radical (unpaired) electrons. The molecule has 0 aliphatic rings. The summed E-state index contributed by atoms with van der Waals surface area (Å²) in [7, 11) is 0. The first kappa shape index (κ1) is 22.3. The number of phenolic OH excluding ortho intramolecular Hbond substituents is 1. The van der Waals surface area contributed by atoms with E-state index in [1.807, 2.05) is 12.1 Å². The van der Waals surface area contributed by atoms with Gasteiger partial charge >= 0.3 is 0 Å². The number of rotatable bonds is 0. The van der Waals surface area contributed by atoms with Crippen LogP contribution in [0.25, 0.3) is 21.8 Å². The zero-order valence-corrected chi connectivity index (χ0v) is 18.1. The van der Waals surface area contributed by atoms with Gasteiger partial charge in [0, 0.05) is 40.2 Å². The molecular formula is C18H9Cl5FeN2O. The molecule has 0 atom stereocenters. The summed E-state index contributed by atoms with van der Waals surface area (Å²) in [5.41, 5.74) is 1.95. The molecule has 9 heteroatoms. The summed E-state index contributed by atoms with van der Waals surface area (Å²) in [5, 5.41) is 11.3. The molecule has 4 rings (SSSR count). The molecule has 0 aliphatic heterocycles. The fourth-order valence-electron chi connectivity index (χ4n) is 2.27. The van der Waals surface area contributed by atoms with Crippen LogP contribution in [0.1, 0.15) is 0 Å². The Kier molecular flexibility index (Phi) is 7.84. The van der Waals surface area contributed by atoms with E-state index in [1.165, 1.54) is 0 Å². The predicted molar refractivity (Wildman–Crippen MR) is 110 cm³/mol. The van der Waals surface area contributed by atoms with Gasteiger partial charge in [0.2, 0.25) is 0 Å². The third-order valence-corrected chi connectivity index (χ3v) is 5.79. The molecule has 27 heavy (non-hydrogen) atoms. The van der Waals surface area contributed by atoms with Crippen LogP contribution >= 0.6 is 58.0 Å². The zero-order valence-electron chi connectivity index (χ0n) is 13.2. The fourth-order valence-corrected chi connectivity index (χ4v) is 3.40. The summed E-state index contributed by atoms with van der Waals surface area (Å²) in [6.45, 7) is 0. The van der Waals surface area contributed by atoms with Crippen LogP contribution in [0.15, 0.2) is 48.8 Å². The molecule has 3 nitrogen and oxygen atoms in total. The molecule has 140 valence electrons. The van der Waals surface area contributed by atoms with Crippen LogP contribution < -0.4 is 0 Å². The number of halogens is 5. The second-order valence-electron chi connectivity index (χ2n) is 5.13. The van der Waals surface area contributed by atoms with E-state index in [0.717, 1.165) is 21.8 Å². The smallest absolute Gasteiger partial charge is 0.155 e. The van der Waals surface area contributed by atoms with Crippen LogP contribution in [0, 0.1) is 0 Å². The average Bonchev–Trinajstić information content (AvgIpc) is 2.70. The minimum Gasteiger partial charge on any atom is -0.505 e. The Morgan fingerprint density at radius 3 is 1.37 bits per heavy atom. The van der Waals surface area contributed by atoms with Crippen LogP contribution in [-0.2, 0) is 17.1 Å². The number of aromatic hydroxyl groups is 1. The normalized spacial score (nSPS) is 10.3. The second-order valence-corrected chi connectivity index (χ2v) is 7.02. The molecule has 0 fully saturated rings. The predicted octanol–water partition coefficient (Wildman–Crippen LogP) is 7.44. The first-order valence-corrected chi connectivity index (χ1v) is 9.09. The van der Waals surface area contributed by atoms with E-state index in [1.54, 1.807) is 12.4 Å². The van der Waals surface area contributed by atoms with Crippen LogP contribution in [0.5, 0.6) is 5.75 Å². The largest absolute Gasteiger partial charge is 0.505 e. The van der Waals surface area contributed by atoms with Gasteiger partial charge in [-0.1, -0.05) is 82.3 Å². The Hall–Kier alpha value is -0.971. The third kappa shape index (κ3) is 4.55. The van der Waals surface area contributed by atoms with Crippen molar-refractivity contribution in [1.29, 1.82) is 0 Å². The minimum absolute atomic E-state index is 0. The number of nitrogens with zero attached hydrogens (tertiary/aromatic N) is 2. The Morgan fingerprint density at radius 2 is 0.963 bits per heavy atom. The molecule has 1 N–H and O–H groups in total. The van der Waals surface area contributed by atoms with Gasteiger partial charge in [-0.05, 0) is 12.1 Å². The van der Waals surface area contributed by atoms with Gasteiger partial charge in [0.05, 0.1) is 26.1 Å². The Balaban J connectivity index is 0.000000190. The Bertz CT molecular complexity index is 964. The number of phenols is 1. The number of pyridine rings is 2. The quantitative estimate of drug-likeness (QED) is 0.118. The summed E-state index contributed by atoms with van der Waals surface area (Å²) in [6, 6.07) is 12.1. The molecule has 0 saturated carbocycles. The summed E-state index contributed by atoms with van der Waals surface area (Å²) in [6.07, 6.45) is 3.60. The van der Waals surface area contributed by atoms with E-state index in [-0.39, 0.29) is 47.9 Å². The average molecular weight is 502 g/mol. The van der Waals surface area contributed by atoms with E-state index in [0.29, 0.717) is 0 Å². The molecular weight excluding hydrogens is 493 g/mol. The number of benzene rings is 2. The Labute approximate surface area is 190 Å². The van der Waals surface area contributed by atoms with Crippen molar-refractivity contribution in [2.45, 2.75) is 0 Å². The van der Waals surface area contributed by atoms with E-state index in [2.05, 4.69) is 34.2 Å². The van der Waals surface area contributed by atoms with Crippen molar-refractivity contribution >= 4 is 79.8 Å². The summed E-state index contributed by atoms with van der Waals surface area (Å²) < 4.78 is 0. The molecule has 0 amide bonds. The molecule has 2 aromatic heterocycles. The number of fused-ring (bicyclic) bond motifs is 3. The minimum atomic E-state index is -0.363. The Morgan fingerprint density at radius 1 is 0.593 bits per heavy atom.